The number of nitrogens with zero attached hydrogens (tertiary/aromatic N) is 3. The molecule has 0 atom stereocenters. The summed E-state index contributed by atoms with van der Waals surface area (Å²) in [6.45, 7) is 12.7. The predicted molar refractivity (Wildman–Crippen MR) is 92.8 cm³/mol. The van der Waals surface area contributed by atoms with Gasteiger partial charge in [-0.15, -0.1) is 11.3 Å². The van der Waals surface area contributed by atoms with Crippen molar-refractivity contribution in [2.75, 3.05) is 31.5 Å². The van der Waals surface area contributed by atoms with Crippen LogP contribution in [-0.4, -0.2) is 41.0 Å². The normalized spacial score (nSPS) is 11.5. The van der Waals surface area contributed by atoms with Crippen molar-refractivity contribution in [3.05, 3.63) is 15.6 Å². The van der Waals surface area contributed by atoms with Gasteiger partial charge in [0.1, 0.15) is 9.98 Å². The summed E-state index contributed by atoms with van der Waals surface area (Å²) >= 11 is 7.97. The minimum Gasteiger partial charge on any atom is -0.354 e. The van der Waals surface area contributed by atoms with Gasteiger partial charge in [-0.2, -0.15) is 0 Å². The van der Waals surface area contributed by atoms with Crippen LogP contribution in [0, 0.1) is 13.8 Å². The van der Waals surface area contributed by atoms with E-state index in [4.69, 9.17) is 11.6 Å². The molecule has 2 heterocycles. The van der Waals surface area contributed by atoms with Crippen LogP contribution in [0.5, 0.6) is 0 Å². The lowest BCUT2D eigenvalue weighted by atomic mass is 10.2. The summed E-state index contributed by atoms with van der Waals surface area (Å²) in [7, 11) is 0. The van der Waals surface area contributed by atoms with E-state index in [1.165, 1.54) is 10.4 Å². The highest BCUT2D eigenvalue weighted by Gasteiger charge is 2.12. The maximum atomic E-state index is 6.30. The van der Waals surface area contributed by atoms with E-state index in [2.05, 4.69) is 47.9 Å². The molecule has 0 radical (unpaired) electrons. The summed E-state index contributed by atoms with van der Waals surface area (Å²) in [6, 6.07) is 0. The molecule has 0 saturated carbocycles. The Morgan fingerprint density at radius 1 is 1.19 bits per heavy atom. The van der Waals surface area contributed by atoms with Crippen molar-refractivity contribution in [2.45, 2.75) is 34.1 Å². The standard InChI is InChI=1S/C15H23ClN4S/c1-5-20(6-2)9-7-8-17-15-18-13(16)12-10(3)11(4)21-14(12)19-15/h5-9H2,1-4H3,(H,17,18,19). The van der Waals surface area contributed by atoms with Crippen LogP contribution in [0.1, 0.15) is 30.7 Å². The molecule has 0 saturated heterocycles. The van der Waals surface area contributed by atoms with Gasteiger partial charge in [0.15, 0.2) is 0 Å². The number of nitrogens with one attached hydrogen (secondary N) is 1. The summed E-state index contributed by atoms with van der Waals surface area (Å²) in [5.41, 5.74) is 1.19. The van der Waals surface area contributed by atoms with Crippen molar-refractivity contribution in [1.29, 1.82) is 0 Å². The molecule has 0 unspecified atom stereocenters. The molecular formula is C15H23ClN4S. The number of rotatable bonds is 7. The van der Waals surface area contributed by atoms with Crippen molar-refractivity contribution in [3.63, 3.8) is 0 Å². The predicted octanol–water partition coefficient (Wildman–Crippen LogP) is 4.11. The van der Waals surface area contributed by atoms with Crippen molar-refractivity contribution < 1.29 is 0 Å². The Balaban J connectivity index is 2.00. The van der Waals surface area contributed by atoms with Crippen LogP contribution >= 0.6 is 22.9 Å². The largest absolute Gasteiger partial charge is 0.354 e. The van der Waals surface area contributed by atoms with Gasteiger partial charge in [-0.1, -0.05) is 25.4 Å². The summed E-state index contributed by atoms with van der Waals surface area (Å²) in [5, 5.41) is 4.83. The molecule has 2 rings (SSSR count). The third kappa shape index (κ3) is 3.84. The molecule has 116 valence electrons. The lowest BCUT2D eigenvalue weighted by Crippen LogP contribution is -2.25. The molecule has 0 amide bonds. The van der Waals surface area contributed by atoms with E-state index in [1.54, 1.807) is 11.3 Å². The van der Waals surface area contributed by atoms with Crippen LogP contribution in [0.4, 0.5) is 5.95 Å². The number of halogens is 1. The van der Waals surface area contributed by atoms with Gasteiger partial charge in [0.05, 0.1) is 5.39 Å². The molecule has 0 fully saturated rings. The molecule has 0 aromatic carbocycles. The Hall–Kier alpha value is -0.910. The van der Waals surface area contributed by atoms with Crippen molar-refractivity contribution in [1.82, 2.24) is 14.9 Å². The fourth-order valence-corrected chi connectivity index (χ4v) is 3.72. The Labute approximate surface area is 135 Å². The van der Waals surface area contributed by atoms with Gasteiger partial charge >= 0.3 is 0 Å². The molecule has 0 aliphatic rings. The van der Waals surface area contributed by atoms with Crippen LogP contribution in [0.25, 0.3) is 10.2 Å². The minimum absolute atomic E-state index is 0.549. The van der Waals surface area contributed by atoms with Crippen LogP contribution in [-0.2, 0) is 0 Å². The van der Waals surface area contributed by atoms with Gasteiger partial charge < -0.3 is 10.2 Å². The van der Waals surface area contributed by atoms with E-state index >= 15 is 0 Å². The van der Waals surface area contributed by atoms with Crippen LogP contribution in [0.2, 0.25) is 5.15 Å². The molecule has 2 aromatic heterocycles. The number of hydrogen-bond acceptors (Lipinski definition) is 5. The number of anilines is 1. The first-order valence-electron chi connectivity index (χ1n) is 7.46. The fourth-order valence-electron chi connectivity index (χ4n) is 2.32. The van der Waals surface area contributed by atoms with Gasteiger partial charge in [-0.25, -0.2) is 9.97 Å². The van der Waals surface area contributed by atoms with Crippen molar-refractivity contribution in [3.8, 4) is 0 Å². The first-order chi connectivity index (χ1) is 10.1. The number of aromatic nitrogens is 2. The fraction of sp³-hybridized carbons (Fsp3) is 0.600. The van der Waals surface area contributed by atoms with Crippen molar-refractivity contribution >= 4 is 39.1 Å². The van der Waals surface area contributed by atoms with E-state index in [9.17, 15) is 0 Å². The second kappa shape index (κ2) is 7.38. The zero-order valence-electron chi connectivity index (χ0n) is 13.2. The summed E-state index contributed by atoms with van der Waals surface area (Å²) < 4.78 is 0. The number of aryl methyl sites for hydroxylation is 2. The SMILES string of the molecule is CCN(CC)CCCNc1nc(Cl)c2c(C)c(C)sc2n1. The van der Waals surface area contributed by atoms with Gasteiger partial charge in [0.25, 0.3) is 0 Å². The van der Waals surface area contributed by atoms with Gasteiger partial charge in [-0.3, -0.25) is 0 Å². The van der Waals surface area contributed by atoms with Crippen LogP contribution in [0.3, 0.4) is 0 Å². The summed E-state index contributed by atoms with van der Waals surface area (Å²) in [5.74, 6) is 0.633. The van der Waals surface area contributed by atoms with Gasteiger partial charge in [-0.05, 0) is 45.5 Å². The monoisotopic (exact) mass is 326 g/mol. The Morgan fingerprint density at radius 3 is 2.57 bits per heavy atom. The summed E-state index contributed by atoms with van der Waals surface area (Å²) in [6.07, 6.45) is 1.07. The maximum Gasteiger partial charge on any atom is 0.225 e. The van der Waals surface area contributed by atoms with E-state index in [-0.39, 0.29) is 0 Å². The Kier molecular flexibility index (Phi) is 5.79. The average molecular weight is 327 g/mol. The Morgan fingerprint density at radius 2 is 1.90 bits per heavy atom. The van der Waals surface area contributed by atoms with Gasteiger partial charge in [0, 0.05) is 11.4 Å². The quantitative estimate of drug-likeness (QED) is 0.614. The second-order valence-electron chi connectivity index (χ2n) is 5.11. The van der Waals surface area contributed by atoms with E-state index in [0.717, 1.165) is 42.8 Å². The summed E-state index contributed by atoms with van der Waals surface area (Å²) in [4.78, 5) is 13.6. The molecule has 2 aromatic rings. The highest BCUT2D eigenvalue weighted by atomic mass is 35.5. The first-order valence-corrected chi connectivity index (χ1v) is 8.65. The molecule has 0 spiro atoms. The number of hydrogen-bond donors (Lipinski definition) is 1. The lowest BCUT2D eigenvalue weighted by molar-refractivity contribution is 0.303. The topological polar surface area (TPSA) is 41.0 Å². The number of thiophene rings is 1. The van der Waals surface area contributed by atoms with E-state index < -0.39 is 0 Å². The highest BCUT2D eigenvalue weighted by Crippen LogP contribution is 2.33. The zero-order valence-corrected chi connectivity index (χ0v) is 14.7. The Bertz CT molecular complexity index is 607. The molecule has 6 heteroatoms. The smallest absolute Gasteiger partial charge is 0.225 e. The minimum atomic E-state index is 0.549. The zero-order chi connectivity index (χ0) is 15.4. The number of fused-ring (bicyclic) bond motifs is 1. The second-order valence-corrected chi connectivity index (χ2v) is 6.67. The molecule has 1 N–H and O–H groups in total. The van der Waals surface area contributed by atoms with E-state index in [0.29, 0.717) is 11.1 Å². The average Bonchev–Trinajstić information content (AvgIpc) is 2.74. The van der Waals surface area contributed by atoms with E-state index in [1.807, 2.05) is 0 Å². The van der Waals surface area contributed by atoms with Gasteiger partial charge in [0.2, 0.25) is 5.95 Å². The van der Waals surface area contributed by atoms with Crippen molar-refractivity contribution in [2.24, 2.45) is 0 Å². The molecular weight excluding hydrogens is 304 g/mol. The third-order valence-electron chi connectivity index (χ3n) is 3.81. The molecule has 0 aliphatic carbocycles. The molecule has 0 bridgehead atoms. The third-order valence-corrected chi connectivity index (χ3v) is 5.19. The van der Waals surface area contributed by atoms with Crippen LogP contribution < -0.4 is 5.32 Å². The molecule has 4 nitrogen and oxygen atoms in total. The highest BCUT2D eigenvalue weighted by molar-refractivity contribution is 7.18. The van der Waals surface area contributed by atoms with Crippen LogP contribution in [0.15, 0.2) is 0 Å². The lowest BCUT2D eigenvalue weighted by Gasteiger charge is -2.17. The maximum absolute atomic E-state index is 6.30. The molecule has 21 heavy (non-hydrogen) atoms. The first kappa shape index (κ1) is 16.5. The molecule has 0 aliphatic heterocycles.